The van der Waals surface area contributed by atoms with Crippen molar-refractivity contribution in [3.8, 4) is 27.9 Å². The van der Waals surface area contributed by atoms with Gasteiger partial charge in [0, 0.05) is 94.3 Å². The summed E-state index contributed by atoms with van der Waals surface area (Å²) in [6.45, 7) is 6.49. The van der Waals surface area contributed by atoms with Crippen LogP contribution in [0.4, 0.5) is 34.1 Å². The fourth-order valence-corrected chi connectivity index (χ4v) is 11.5. The van der Waals surface area contributed by atoms with Crippen molar-refractivity contribution in [2.45, 2.75) is 20.8 Å². The van der Waals surface area contributed by atoms with Gasteiger partial charge in [-0.2, -0.15) is 0 Å². The number of benzene rings is 11. The molecule has 3 heterocycles. The lowest BCUT2D eigenvalue weighted by atomic mass is 10.0. The molecule has 0 saturated carbocycles. The minimum atomic E-state index is 1.08. The third-order valence-electron chi connectivity index (χ3n) is 15.0. The van der Waals surface area contributed by atoms with Crippen LogP contribution in [0.1, 0.15) is 16.7 Å². The summed E-state index contributed by atoms with van der Waals surface area (Å²) in [7, 11) is 0. The van der Waals surface area contributed by atoms with Gasteiger partial charge in [-0.3, -0.25) is 0 Å². The van der Waals surface area contributed by atoms with E-state index in [1.165, 1.54) is 71.3 Å². The lowest BCUT2D eigenvalue weighted by molar-refractivity contribution is 1.17. The van der Waals surface area contributed by atoms with E-state index in [0.29, 0.717) is 0 Å². The fraction of sp³-hybridized carbons (Fsp3) is 0.0435. The van der Waals surface area contributed by atoms with Gasteiger partial charge in [0.15, 0.2) is 0 Å². The van der Waals surface area contributed by atoms with Gasteiger partial charge in [-0.25, -0.2) is 0 Å². The number of fused-ring (bicyclic) bond motifs is 9. The molecule has 5 nitrogen and oxygen atoms in total. The molecule has 14 rings (SSSR count). The normalized spacial score (nSPS) is 11.7. The molecule has 14 aromatic rings. The van der Waals surface area contributed by atoms with Crippen LogP contribution in [0.25, 0.3) is 93.4 Å². The smallest absolute Gasteiger partial charge is 0.0544 e. The second kappa shape index (κ2) is 17.3. The van der Waals surface area contributed by atoms with Crippen molar-refractivity contribution in [3.63, 3.8) is 0 Å². The van der Waals surface area contributed by atoms with Gasteiger partial charge in [0.1, 0.15) is 0 Å². The number of aromatic nitrogens is 3. The molecule has 0 amide bonds. The molecule has 0 spiro atoms. The summed E-state index contributed by atoms with van der Waals surface area (Å²) in [6.07, 6.45) is 0. The molecule has 0 fully saturated rings. The molecule has 352 valence electrons. The van der Waals surface area contributed by atoms with Crippen molar-refractivity contribution < 1.29 is 0 Å². The SMILES string of the molecule is Cc1ccc(-n2c3ccc(N(c4ccc(-c5cccc6c5[nH]c5ccccc56)cc4)c4cccc(C)c4)cc3c3cc(N(c4ccc(-c5cccc6c5[nH]c5ccccc56)cc4)c4cccc(C)c4)ccc32)cc1. The molecule has 0 aliphatic heterocycles. The predicted octanol–water partition coefficient (Wildman–Crippen LogP) is 19.3. The third-order valence-corrected chi connectivity index (χ3v) is 15.0. The van der Waals surface area contributed by atoms with Crippen molar-refractivity contribution in [3.05, 3.63) is 259 Å². The number of nitrogens with one attached hydrogen (secondary N) is 2. The number of aryl methyl sites for hydroxylation is 3. The maximum Gasteiger partial charge on any atom is 0.0544 e. The van der Waals surface area contributed by atoms with Crippen molar-refractivity contribution in [2.75, 3.05) is 9.80 Å². The Morgan fingerprint density at radius 3 is 1.16 bits per heavy atom. The van der Waals surface area contributed by atoms with Gasteiger partial charge >= 0.3 is 0 Å². The highest BCUT2D eigenvalue weighted by Crippen LogP contribution is 2.45. The van der Waals surface area contributed by atoms with Crippen LogP contribution >= 0.6 is 0 Å². The maximum atomic E-state index is 3.72. The third kappa shape index (κ3) is 7.23. The Balaban J connectivity index is 0.921. The van der Waals surface area contributed by atoms with E-state index in [2.05, 4.69) is 288 Å². The summed E-state index contributed by atoms with van der Waals surface area (Å²) < 4.78 is 2.42. The highest BCUT2D eigenvalue weighted by Gasteiger charge is 2.22. The Labute approximate surface area is 429 Å². The summed E-state index contributed by atoms with van der Waals surface area (Å²) in [5, 5.41) is 7.30. The number of aromatic amines is 2. The number of anilines is 6. The zero-order valence-corrected chi connectivity index (χ0v) is 41.4. The Bertz CT molecular complexity index is 4190. The fourth-order valence-electron chi connectivity index (χ4n) is 11.5. The van der Waals surface area contributed by atoms with Crippen LogP contribution in [0.3, 0.4) is 0 Å². The summed E-state index contributed by atoms with van der Waals surface area (Å²) in [6, 6.07) is 89.0. The van der Waals surface area contributed by atoms with Crippen LogP contribution < -0.4 is 9.80 Å². The van der Waals surface area contributed by atoms with Gasteiger partial charge in [0.25, 0.3) is 0 Å². The molecule has 3 aromatic heterocycles. The Hall–Kier alpha value is -9.58. The molecule has 0 bridgehead atoms. The lowest BCUT2D eigenvalue weighted by Gasteiger charge is -2.26. The average Bonchev–Trinajstić information content (AvgIpc) is 4.12. The minimum Gasteiger partial charge on any atom is -0.354 e. The van der Waals surface area contributed by atoms with E-state index in [1.54, 1.807) is 0 Å². The highest BCUT2D eigenvalue weighted by atomic mass is 15.2. The Morgan fingerprint density at radius 1 is 0.297 bits per heavy atom. The maximum absolute atomic E-state index is 3.72. The summed E-state index contributed by atoms with van der Waals surface area (Å²) in [5.74, 6) is 0. The standard InChI is InChI=1S/C69H51N5/c1-44-24-30-51(31-25-44)74-66-38-36-54(72(52-14-8-12-45(2)40-52)49-32-26-47(27-33-49)56-18-10-20-60-58-16-4-6-22-64(58)70-68(56)60)42-62(66)63-43-55(37-39-67(63)74)73(53-15-9-13-46(3)41-53)50-34-28-48(29-35-50)57-19-11-21-61-59-17-5-7-23-65(59)71-69(57)61/h4-43,70-71H,1-3H3. The highest BCUT2D eigenvalue weighted by molar-refractivity contribution is 6.14. The number of nitrogens with zero attached hydrogens (tertiary/aromatic N) is 3. The van der Waals surface area contributed by atoms with Gasteiger partial charge in [0.05, 0.1) is 22.1 Å². The largest absolute Gasteiger partial charge is 0.354 e. The molecule has 0 unspecified atom stereocenters. The first-order valence-corrected chi connectivity index (χ1v) is 25.5. The first-order chi connectivity index (χ1) is 36.4. The molecule has 0 atom stereocenters. The van der Waals surface area contributed by atoms with Crippen LogP contribution in [-0.4, -0.2) is 14.5 Å². The predicted molar refractivity (Wildman–Crippen MR) is 314 cm³/mol. The summed E-state index contributed by atoms with van der Waals surface area (Å²) in [5.41, 5.74) is 22.9. The molecule has 0 radical (unpaired) electrons. The van der Waals surface area contributed by atoms with E-state index in [0.717, 1.165) is 72.9 Å². The zero-order chi connectivity index (χ0) is 49.4. The summed E-state index contributed by atoms with van der Waals surface area (Å²) >= 11 is 0. The molecule has 0 saturated heterocycles. The summed E-state index contributed by atoms with van der Waals surface area (Å²) in [4.78, 5) is 12.2. The van der Waals surface area contributed by atoms with E-state index >= 15 is 0 Å². The average molecular weight is 950 g/mol. The van der Waals surface area contributed by atoms with Crippen LogP contribution in [0, 0.1) is 20.8 Å². The van der Waals surface area contributed by atoms with Crippen LogP contribution in [0.5, 0.6) is 0 Å². The van der Waals surface area contributed by atoms with Gasteiger partial charge in [-0.05, 0) is 152 Å². The first-order valence-electron chi connectivity index (χ1n) is 25.5. The second-order valence-electron chi connectivity index (χ2n) is 19.8. The van der Waals surface area contributed by atoms with E-state index in [-0.39, 0.29) is 0 Å². The Kier molecular flexibility index (Phi) is 10.1. The van der Waals surface area contributed by atoms with E-state index in [9.17, 15) is 0 Å². The van der Waals surface area contributed by atoms with Gasteiger partial charge in [-0.1, -0.05) is 139 Å². The Morgan fingerprint density at radius 2 is 0.703 bits per heavy atom. The molecule has 74 heavy (non-hydrogen) atoms. The van der Waals surface area contributed by atoms with E-state index < -0.39 is 0 Å². The number of hydrogen-bond donors (Lipinski definition) is 2. The second-order valence-corrected chi connectivity index (χ2v) is 19.8. The first kappa shape index (κ1) is 43.2. The molecule has 11 aromatic carbocycles. The number of para-hydroxylation sites is 4. The lowest BCUT2D eigenvalue weighted by Crippen LogP contribution is -2.10. The van der Waals surface area contributed by atoms with Crippen molar-refractivity contribution in [1.29, 1.82) is 0 Å². The molecule has 2 N–H and O–H groups in total. The van der Waals surface area contributed by atoms with Crippen molar-refractivity contribution >= 4 is 99.5 Å². The quantitative estimate of drug-likeness (QED) is 0.151. The minimum absolute atomic E-state index is 1.08. The van der Waals surface area contributed by atoms with Crippen molar-refractivity contribution in [1.82, 2.24) is 14.5 Å². The molecular formula is C69H51N5. The molecule has 0 aliphatic carbocycles. The zero-order valence-electron chi connectivity index (χ0n) is 41.4. The number of rotatable bonds is 9. The molecular weight excluding hydrogens is 899 g/mol. The van der Waals surface area contributed by atoms with Crippen LogP contribution in [0.2, 0.25) is 0 Å². The molecule has 0 aliphatic rings. The van der Waals surface area contributed by atoms with Crippen molar-refractivity contribution in [2.24, 2.45) is 0 Å². The topological polar surface area (TPSA) is 43.0 Å². The van der Waals surface area contributed by atoms with Gasteiger partial charge < -0.3 is 24.3 Å². The van der Waals surface area contributed by atoms with Gasteiger partial charge in [-0.15, -0.1) is 0 Å². The van der Waals surface area contributed by atoms with E-state index in [4.69, 9.17) is 0 Å². The van der Waals surface area contributed by atoms with Crippen LogP contribution in [-0.2, 0) is 0 Å². The van der Waals surface area contributed by atoms with E-state index in [1.807, 2.05) is 0 Å². The number of hydrogen-bond acceptors (Lipinski definition) is 2. The molecule has 5 heteroatoms. The van der Waals surface area contributed by atoms with Crippen LogP contribution in [0.15, 0.2) is 243 Å². The van der Waals surface area contributed by atoms with Gasteiger partial charge in [0.2, 0.25) is 0 Å². The monoisotopic (exact) mass is 949 g/mol. The number of H-pyrrole nitrogens is 2.